The number of allylic oxidation sites excluding steroid dienone is 1. The molecule has 22 heavy (non-hydrogen) atoms. The summed E-state index contributed by atoms with van der Waals surface area (Å²) in [5.74, 6) is 5.53. The molecule has 0 nitrogen and oxygen atoms in total. The highest BCUT2D eigenvalue weighted by molar-refractivity contribution is 5.35. The molecule has 1 fully saturated rings. The third kappa shape index (κ3) is 4.77. The predicted molar refractivity (Wildman–Crippen MR) is 98.9 cm³/mol. The second kappa shape index (κ2) is 9.52. The lowest BCUT2D eigenvalue weighted by atomic mass is 9.74. The molecular weight excluding hydrogens is 264 g/mol. The molecule has 0 N–H and O–H groups in total. The van der Waals surface area contributed by atoms with Crippen LogP contribution in [0.4, 0.5) is 0 Å². The summed E-state index contributed by atoms with van der Waals surface area (Å²) in [7, 11) is 0. The van der Waals surface area contributed by atoms with Gasteiger partial charge in [0, 0.05) is 5.56 Å². The predicted octanol–water partition coefficient (Wildman–Crippen LogP) is 6.43. The fourth-order valence-corrected chi connectivity index (χ4v) is 3.40. The third-order valence-corrected chi connectivity index (χ3v) is 4.81. The molecule has 0 aromatic heterocycles. The molecule has 0 saturated heterocycles. The highest BCUT2D eigenvalue weighted by atomic mass is 14.4. The first-order valence-corrected chi connectivity index (χ1v) is 8.90. The molecule has 1 aromatic carbocycles. The molecule has 1 saturated carbocycles. The molecule has 1 aromatic rings. The van der Waals surface area contributed by atoms with Gasteiger partial charge in [-0.1, -0.05) is 58.2 Å². The van der Waals surface area contributed by atoms with Crippen LogP contribution in [0.3, 0.4) is 0 Å². The first-order valence-electron chi connectivity index (χ1n) is 8.90. The minimum atomic E-state index is 0.583. The highest BCUT2D eigenvalue weighted by Gasteiger charge is 2.35. The van der Waals surface area contributed by atoms with Gasteiger partial charge < -0.3 is 0 Å². The Bertz CT molecular complexity index is 470. The van der Waals surface area contributed by atoms with E-state index >= 15 is 0 Å². The van der Waals surface area contributed by atoms with Crippen molar-refractivity contribution in [2.75, 3.05) is 0 Å². The fraction of sp³-hybridized carbons (Fsp3) is 0.545. The SMILES string of the molecule is C#Cc1ccc(C(CCC)C(C=C)C(C)C2CC2)cc1.CC. The molecule has 3 atom stereocenters. The maximum Gasteiger partial charge on any atom is 0.0242 e. The fourth-order valence-electron chi connectivity index (χ4n) is 3.40. The Morgan fingerprint density at radius 1 is 1.27 bits per heavy atom. The van der Waals surface area contributed by atoms with Crippen molar-refractivity contribution in [2.24, 2.45) is 17.8 Å². The van der Waals surface area contributed by atoms with Crippen molar-refractivity contribution >= 4 is 0 Å². The summed E-state index contributed by atoms with van der Waals surface area (Å²) in [6.07, 6.45) is 12.9. The van der Waals surface area contributed by atoms with Crippen LogP contribution in [-0.2, 0) is 0 Å². The Kier molecular flexibility index (Phi) is 8.03. The Labute approximate surface area is 138 Å². The van der Waals surface area contributed by atoms with Gasteiger partial charge in [-0.2, -0.15) is 0 Å². The largest absolute Gasteiger partial charge is 0.115 e. The lowest BCUT2D eigenvalue weighted by molar-refractivity contribution is 0.315. The van der Waals surface area contributed by atoms with E-state index in [1.54, 1.807) is 0 Å². The minimum Gasteiger partial charge on any atom is -0.115 e. The van der Waals surface area contributed by atoms with E-state index in [1.165, 1.54) is 31.2 Å². The molecule has 120 valence electrons. The number of hydrogen-bond acceptors (Lipinski definition) is 0. The van der Waals surface area contributed by atoms with Crippen LogP contribution in [0.1, 0.15) is 70.4 Å². The standard InChI is InChI=1S/C20H26.C2H6/c1-5-8-20(18-11-9-16(6-2)10-12-18)19(7-3)15(4)17-13-14-17;1-2/h2,7,9-12,15,17,19-20H,3,5,8,13-14H2,1,4H3;1-2H3. The summed E-state index contributed by atoms with van der Waals surface area (Å²) in [6, 6.07) is 8.57. The molecule has 0 aliphatic heterocycles. The van der Waals surface area contributed by atoms with Crippen molar-refractivity contribution in [1.82, 2.24) is 0 Å². The van der Waals surface area contributed by atoms with E-state index < -0.39 is 0 Å². The summed E-state index contributed by atoms with van der Waals surface area (Å²) in [6.45, 7) is 12.8. The van der Waals surface area contributed by atoms with Gasteiger partial charge in [0.15, 0.2) is 0 Å². The van der Waals surface area contributed by atoms with Crippen molar-refractivity contribution in [3.8, 4) is 12.3 Å². The van der Waals surface area contributed by atoms with E-state index in [1.807, 2.05) is 13.8 Å². The van der Waals surface area contributed by atoms with Crippen molar-refractivity contribution < 1.29 is 0 Å². The topological polar surface area (TPSA) is 0 Å². The minimum absolute atomic E-state index is 0.583. The Hall–Kier alpha value is -1.48. The Balaban J connectivity index is 0.00000116. The Morgan fingerprint density at radius 3 is 2.27 bits per heavy atom. The zero-order valence-corrected chi connectivity index (χ0v) is 14.8. The summed E-state index contributed by atoms with van der Waals surface area (Å²) in [5, 5.41) is 0. The van der Waals surface area contributed by atoms with Crippen LogP contribution in [0.15, 0.2) is 36.9 Å². The van der Waals surface area contributed by atoms with E-state index in [0.29, 0.717) is 11.8 Å². The lowest BCUT2D eigenvalue weighted by Gasteiger charge is -2.30. The van der Waals surface area contributed by atoms with Gasteiger partial charge in [-0.05, 0) is 60.6 Å². The quantitative estimate of drug-likeness (QED) is 0.402. The smallest absolute Gasteiger partial charge is 0.0242 e. The van der Waals surface area contributed by atoms with Gasteiger partial charge in [0.2, 0.25) is 0 Å². The van der Waals surface area contributed by atoms with Crippen LogP contribution >= 0.6 is 0 Å². The molecule has 3 unspecified atom stereocenters. The molecule has 1 aliphatic rings. The first kappa shape index (κ1) is 18.6. The molecular formula is C22H32. The van der Waals surface area contributed by atoms with Crippen LogP contribution in [0.5, 0.6) is 0 Å². The molecule has 1 aliphatic carbocycles. The molecule has 0 heteroatoms. The van der Waals surface area contributed by atoms with Crippen LogP contribution < -0.4 is 0 Å². The maximum absolute atomic E-state index is 5.45. The summed E-state index contributed by atoms with van der Waals surface area (Å²) < 4.78 is 0. The van der Waals surface area contributed by atoms with Crippen molar-refractivity contribution in [2.45, 2.75) is 59.3 Å². The molecule has 0 bridgehead atoms. The highest BCUT2D eigenvalue weighted by Crippen LogP contribution is 2.46. The van der Waals surface area contributed by atoms with Crippen LogP contribution in [0.2, 0.25) is 0 Å². The monoisotopic (exact) mass is 296 g/mol. The van der Waals surface area contributed by atoms with Crippen molar-refractivity contribution in [3.63, 3.8) is 0 Å². The number of terminal acetylenes is 1. The normalized spacial score (nSPS) is 17.4. The molecule has 0 radical (unpaired) electrons. The average molecular weight is 296 g/mol. The summed E-state index contributed by atoms with van der Waals surface area (Å²) in [5.41, 5.74) is 2.39. The third-order valence-electron chi connectivity index (χ3n) is 4.81. The lowest BCUT2D eigenvalue weighted by Crippen LogP contribution is -2.20. The number of hydrogen-bond donors (Lipinski definition) is 0. The molecule has 0 heterocycles. The van der Waals surface area contributed by atoms with Gasteiger partial charge in [0.25, 0.3) is 0 Å². The molecule has 0 spiro atoms. The summed E-state index contributed by atoms with van der Waals surface area (Å²) >= 11 is 0. The van der Waals surface area contributed by atoms with Gasteiger partial charge in [0.05, 0.1) is 0 Å². The van der Waals surface area contributed by atoms with E-state index in [9.17, 15) is 0 Å². The number of benzene rings is 1. The van der Waals surface area contributed by atoms with Gasteiger partial charge in [-0.15, -0.1) is 13.0 Å². The van der Waals surface area contributed by atoms with E-state index in [4.69, 9.17) is 6.42 Å². The van der Waals surface area contributed by atoms with E-state index in [2.05, 4.69) is 56.7 Å². The van der Waals surface area contributed by atoms with Gasteiger partial charge in [-0.3, -0.25) is 0 Å². The second-order valence-corrected chi connectivity index (χ2v) is 6.17. The second-order valence-electron chi connectivity index (χ2n) is 6.17. The molecule has 0 amide bonds. The van der Waals surface area contributed by atoms with Crippen LogP contribution in [0, 0.1) is 30.1 Å². The van der Waals surface area contributed by atoms with Crippen LogP contribution in [0.25, 0.3) is 0 Å². The van der Waals surface area contributed by atoms with E-state index in [-0.39, 0.29) is 0 Å². The van der Waals surface area contributed by atoms with Crippen molar-refractivity contribution in [1.29, 1.82) is 0 Å². The van der Waals surface area contributed by atoms with Gasteiger partial charge >= 0.3 is 0 Å². The van der Waals surface area contributed by atoms with Crippen LogP contribution in [-0.4, -0.2) is 0 Å². The van der Waals surface area contributed by atoms with E-state index in [0.717, 1.165) is 17.4 Å². The Morgan fingerprint density at radius 2 is 1.86 bits per heavy atom. The first-order chi connectivity index (χ1) is 10.7. The zero-order valence-electron chi connectivity index (χ0n) is 14.8. The number of rotatable bonds is 7. The van der Waals surface area contributed by atoms with Gasteiger partial charge in [-0.25, -0.2) is 0 Å². The van der Waals surface area contributed by atoms with Crippen molar-refractivity contribution in [3.05, 3.63) is 48.0 Å². The van der Waals surface area contributed by atoms with Gasteiger partial charge in [0.1, 0.15) is 0 Å². The summed E-state index contributed by atoms with van der Waals surface area (Å²) in [4.78, 5) is 0. The molecule has 2 rings (SSSR count). The average Bonchev–Trinajstić information content (AvgIpc) is 3.41. The maximum atomic E-state index is 5.45. The zero-order chi connectivity index (χ0) is 16.5.